The van der Waals surface area contributed by atoms with Crippen LogP contribution in [0.3, 0.4) is 0 Å². The van der Waals surface area contributed by atoms with Crippen molar-refractivity contribution in [3.63, 3.8) is 0 Å². The Balaban J connectivity index is 1.76. The molecule has 154 valence electrons. The number of hydrogen-bond donors (Lipinski definition) is 1. The van der Waals surface area contributed by atoms with Crippen LogP contribution in [0.25, 0.3) is 16.8 Å². The first-order valence-corrected chi connectivity index (χ1v) is 9.62. The Hall–Kier alpha value is -3.68. The van der Waals surface area contributed by atoms with E-state index in [0.29, 0.717) is 29.8 Å². The van der Waals surface area contributed by atoms with Gasteiger partial charge in [-0.15, -0.1) is 0 Å². The molecular formula is C22H24N6O2. The normalized spacial score (nSPS) is 11.0. The van der Waals surface area contributed by atoms with Crippen molar-refractivity contribution < 1.29 is 9.47 Å². The molecule has 0 spiro atoms. The first-order chi connectivity index (χ1) is 14.5. The number of aromatic nitrogens is 5. The average molecular weight is 404 g/mol. The number of aryl methyl sites for hydroxylation is 3. The lowest BCUT2D eigenvalue weighted by Crippen LogP contribution is -2.10. The summed E-state index contributed by atoms with van der Waals surface area (Å²) in [7, 11) is 3.25. The number of fused-ring (bicyclic) bond motifs is 1. The van der Waals surface area contributed by atoms with Crippen molar-refractivity contribution in [3.8, 4) is 22.6 Å². The monoisotopic (exact) mass is 404 g/mol. The summed E-state index contributed by atoms with van der Waals surface area (Å²) in [6.45, 7) is 6.39. The lowest BCUT2D eigenvalue weighted by atomic mass is 10.1. The number of nitrogens with zero attached hydrogens (tertiary/aromatic N) is 5. The summed E-state index contributed by atoms with van der Waals surface area (Å²) in [4.78, 5) is 13.6. The van der Waals surface area contributed by atoms with Crippen LogP contribution in [0.5, 0.6) is 11.5 Å². The predicted molar refractivity (Wildman–Crippen MR) is 115 cm³/mol. The second-order valence-electron chi connectivity index (χ2n) is 7.02. The van der Waals surface area contributed by atoms with Crippen LogP contribution in [0.4, 0.5) is 5.95 Å². The molecule has 1 N–H and O–H groups in total. The van der Waals surface area contributed by atoms with Gasteiger partial charge in [0.25, 0.3) is 0 Å². The summed E-state index contributed by atoms with van der Waals surface area (Å²) in [5.41, 5.74) is 5.52. The molecule has 0 amide bonds. The molecule has 0 saturated carbocycles. The second-order valence-corrected chi connectivity index (χ2v) is 7.02. The van der Waals surface area contributed by atoms with Crippen molar-refractivity contribution in [2.24, 2.45) is 0 Å². The van der Waals surface area contributed by atoms with Gasteiger partial charge in [-0.25, -0.2) is 4.98 Å². The third-order valence-electron chi connectivity index (χ3n) is 4.87. The molecule has 0 atom stereocenters. The first-order valence-electron chi connectivity index (χ1n) is 9.62. The maximum Gasteiger partial charge on any atom is 0.227 e. The van der Waals surface area contributed by atoms with Crippen LogP contribution in [0.15, 0.2) is 36.5 Å². The van der Waals surface area contributed by atoms with Crippen LogP contribution < -0.4 is 14.8 Å². The number of rotatable bonds is 6. The molecule has 0 aliphatic rings. The van der Waals surface area contributed by atoms with Gasteiger partial charge in [-0.3, -0.25) is 4.98 Å². The Morgan fingerprint density at radius 3 is 2.47 bits per heavy atom. The SMILES string of the molecule is COc1ccc(-c2c(C)nn3c(NCc4ccc(C)nc4)nc(C)nc23)cc1OC. The zero-order chi connectivity index (χ0) is 21.3. The van der Waals surface area contributed by atoms with Crippen molar-refractivity contribution in [2.45, 2.75) is 27.3 Å². The van der Waals surface area contributed by atoms with E-state index in [1.54, 1.807) is 18.7 Å². The van der Waals surface area contributed by atoms with Gasteiger partial charge in [-0.1, -0.05) is 12.1 Å². The maximum absolute atomic E-state index is 5.47. The van der Waals surface area contributed by atoms with Crippen LogP contribution in [0.1, 0.15) is 22.8 Å². The highest BCUT2D eigenvalue weighted by Crippen LogP contribution is 2.35. The molecule has 4 rings (SSSR count). The average Bonchev–Trinajstić information content (AvgIpc) is 3.08. The topological polar surface area (TPSA) is 86.5 Å². The van der Waals surface area contributed by atoms with E-state index in [2.05, 4.69) is 20.3 Å². The van der Waals surface area contributed by atoms with Crippen LogP contribution in [0, 0.1) is 20.8 Å². The van der Waals surface area contributed by atoms with Crippen LogP contribution >= 0.6 is 0 Å². The van der Waals surface area contributed by atoms with Gasteiger partial charge in [0, 0.05) is 24.0 Å². The lowest BCUT2D eigenvalue weighted by Gasteiger charge is -2.10. The molecule has 1 aromatic carbocycles. The number of ether oxygens (including phenoxy) is 2. The largest absolute Gasteiger partial charge is 0.493 e. The molecule has 0 fully saturated rings. The summed E-state index contributed by atoms with van der Waals surface area (Å²) in [5.74, 6) is 2.63. The summed E-state index contributed by atoms with van der Waals surface area (Å²) in [6.07, 6.45) is 1.86. The molecule has 8 nitrogen and oxygen atoms in total. The number of anilines is 1. The Morgan fingerprint density at radius 2 is 1.77 bits per heavy atom. The number of pyridine rings is 1. The fourth-order valence-corrected chi connectivity index (χ4v) is 3.37. The second kappa shape index (κ2) is 7.98. The van der Waals surface area contributed by atoms with Crippen molar-refractivity contribution in [1.82, 2.24) is 24.6 Å². The minimum Gasteiger partial charge on any atom is -0.493 e. The number of hydrogen-bond acceptors (Lipinski definition) is 7. The molecule has 3 heterocycles. The van der Waals surface area contributed by atoms with E-state index >= 15 is 0 Å². The molecule has 0 unspecified atom stereocenters. The van der Waals surface area contributed by atoms with Crippen LogP contribution in [-0.2, 0) is 6.54 Å². The molecule has 0 aliphatic heterocycles. The van der Waals surface area contributed by atoms with Crippen molar-refractivity contribution in [2.75, 3.05) is 19.5 Å². The molecule has 30 heavy (non-hydrogen) atoms. The van der Waals surface area contributed by atoms with E-state index in [1.807, 2.05) is 57.3 Å². The Labute approximate surface area is 174 Å². The van der Waals surface area contributed by atoms with E-state index in [1.165, 1.54) is 0 Å². The van der Waals surface area contributed by atoms with Gasteiger partial charge >= 0.3 is 0 Å². The molecule has 8 heteroatoms. The molecule has 0 bridgehead atoms. The van der Waals surface area contributed by atoms with E-state index in [0.717, 1.165) is 33.7 Å². The highest BCUT2D eigenvalue weighted by molar-refractivity contribution is 5.81. The van der Waals surface area contributed by atoms with Gasteiger partial charge < -0.3 is 14.8 Å². The zero-order valence-electron chi connectivity index (χ0n) is 17.7. The molecular weight excluding hydrogens is 380 g/mol. The Bertz CT molecular complexity index is 1200. The molecule has 0 aliphatic carbocycles. The quantitative estimate of drug-likeness (QED) is 0.524. The fraction of sp³-hybridized carbons (Fsp3) is 0.273. The minimum absolute atomic E-state index is 0.587. The van der Waals surface area contributed by atoms with Crippen LogP contribution in [-0.4, -0.2) is 38.8 Å². The first kappa shape index (κ1) is 19.6. The van der Waals surface area contributed by atoms with Gasteiger partial charge in [-0.2, -0.15) is 14.6 Å². The predicted octanol–water partition coefficient (Wildman–Crippen LogP) is 3.74. The van der Waals surface area contributed by atoms with Gasteiger partial charge in [0.2, 0.25) is 5.95 Å². The van der Waals surface area contributed by atoms with Gasteiger partial charge in [-0.05, 0) is 50.1 Å². The number of methoxy groups -OCH3 is 2. The fourth-order valence-electron chi connectivity index (χ4n) is 3.37. The molecule has 0 saturated heterocycles. The minimum atomic E-state index is 0.587. The van der Waals surface area contributed by atoms with Crippen molar-refractivity contribution in [1.29, 1.82) is 0 Å². The highest BCUT2D eigenvalue weighted by Gasteiger charge is 2.18. The van der Waals surface area contributed by atoms with E-state index in [9.17, 15) is 0 Å². The number of benzene rings is 1. The van der Waals surface area contributed by atoms with E-state index < -0.39 is 0 Å². The standard InChI is InChI=1S/C22H24N6O2/c1-13-6-7-16(11-23-13)12-24-22-26-15(3)25-21-20(14(2)27-28(21)22)17-8-9-18(29-4)19(10-17)30-5/h6-11H,12H2,1-5H3,(H,24,25,26). The lowest BCUT2D eigenvalue weighted by molar-refractivity contribution is 0.355. The maximum atomic E-state index is 5.47. The Kier molecular flexibility index (Phi) is 5.22. The number of nitrogens with one attached hydrogen (secondary N) is 1. The third-order valence-corrected chi connectivity index (χ3v) is 4.87. The zero-order valence-corrected chi connectivity index (χ0v) is 17.7. The smallest absolute Gasteiger partial charge is 0.227 e. The molecule has 0 radical (unpaired) electrons. The summed E-state index contributed by atoms with van der Waals surface area (Å²) < 4.78 is 12.6. The summed E-state index contributed by atoms with van der Waals surface area (Å²) in [6, 6.07) is 9.84. The van der Waals surface area contributed by atoms with Crippen LogP contribution in [0.2, 0.25) is 0 Å². The highest BCUT2D eigenvalue weighted by atomic mass is 16.5. The third kappa shape index (κ3) is 3.63. The van der Waals surface area contributed by atoms with Gasteiger partial charge in [0.05, 0.1) is 19.9 Å². The van der Waals surface area contributed by atoms with Gasteiger partial charge in [0.1, 0.15) is 5.82 Å². The van der Waals surface area contributed by atoms with Crippen molar-refractivity contribution in [3.05, 3.63) is 59.3 Å². The molecule has 3 aromatic heterocycles. The summed E-state index contributed by atoms with van der Waals surface area (Å²) in [5, 5.41) is 8.06. The van der Waals surface area contributed by atoms with Crippen molar-refractivity contribution >= 4 is 11.6 Å². The van der Waals surface area contributed by atoms with E-state index in [4.69, 9.17) is 14.6 Å². The van der Waals surface area contributed by atoms with E-state index in [-0.39, 0.29) is 0 Å². The summed E-state index contributed by atoms with van der Waals surface area (Å²) >= 11 is 0. The van der Waals surface area contributed by atoms with Gasteiger partial charge in [0.15, 0.2) is 17.1 Å². The Morgan fingerprint density at radius 1 is 0.967 bits per heavy atom. The molecule has 4 aromatic rings.